The molecule has 1 aromatic carbocycles. The van der Waals surface area contributed by atoms with E-state index in [1.807, 2.05) is 0 Å². The third-order valence-corrected chi connectivity index (χ3v) is 2.70. The number of ketones is 1. The normalized spacial score (nSPS) is 11.9. The van der Waals surface area contributed by atoms with Crippen LogP contribution in [0.4, 0.5) is 11.4 Å². The summed E-state index contributed by atoms with van der Waals surface area (Å²) in [7, 11) is 0. The van der Waals surface area contributed by atoms with Crippen molar-refractivity contribution in [2.45, 2.75) is 20.3 Å². The van der Waals surface area contributed by atoms with Crippen LogP contribution in [-0.4, -0.2) is 15.6 Å². The Labute approximate surface area is 103 Å². The summed E-state index contributed by atoms with van der Waals surface area (Å²) >= 11 is 0. The van der Waals surface area contributed by atoms with Crippen molar-refractivity contribution in [1.82, 2.24) is 0 Å². The largest absolute Gasteiger partial charge is 0.300 e. The Bertz CT molecular complexity index is 512. The second-order valence-electron chi connectivity index (χ2n) is 4.04. The lowest BCUT2D eigenvalue weighted by atomic mass is 9.96. The SMILES string of the molecule is CC(=O)C(C)Cc1ccc([N+](=O)[O-])cc1[N+](=O)[O-]. The van der Waals surface area contributed by atoms with Crippen molar-refractivity contribution in [2.75, 3.05) is 0 Å². The minimum atomic E-state index is -0.689. The first kappa shape index (κ1) is 13.8. The number of benzene rings is 1. The highest BCUT2D eigenvalue weighted by Crippen LogP contribution is 2.26. The summed E-state index contributed by atoms with van der Waals surface area (Å²) in [5.74, 6) is -0.437. The van der Waals surface area contributed by atoms with E-state index in [0.29, 0.717) is 5.56 Å². The molecule has 0 heterocycles. The molecule has 7 heteroatoms. The summed E-state index contributed by atoms with van der Waals surface area (Å²) in [6.45, 7) is 3.06. The van der Waals surface area contributed by atoms with Crippen LogP contribution in [0.1, 0.15) is 19.4 Å². The van der Waals surface area contributed by atoms with E-state index in [1.165, 1.54) is 19.1 Å². The van der Waals surface area contributed by atoms with E-state index >= 15 is 0 Å². The third kappa shape index (κ3) is 3.09. The lowest BCUT2D eigenvalue weighted by Gasteiger charge is -2.07. The van der Waals surface area contributed by atoms with Gasteiger partial charge in [0.2, 0.25) is 0 Å². The van der Waals surface area contributed by atoms with Gasteiger partial charge in [-0.15, -0.1) is 0 Å². The lowest BCUT2D eigenvalue weighted by molar-refractivity contribution is -0.394. The molecule has 0 saturated heterocycles. The molecular weight excluding hydrogens is 240 g/mol. The number of nitro benzene ring substituents is 2. The fourth-order valence-corrected chi connectivity index (χ4v) is 1.48. The molecule has 0 aromatic heterocycles. The minimum absolute atomic E-state index is 0.0809. The van der Waals surface area contributed by atoms with Gasteiger partial charge < -0.3 is 0 Å². The van der Waals surface area contributed by atoms with Crippen molar-refractivity contribution < 1.29 is 14.6 Å². The van der Waals surface area contributed by atoms with Crippen LogP contribution in [0, 0.1) is 26.1 Å². The molecule has 0 N–H and O–H groups in total. The van der Waals surface area contributed by atoms with Crippen molar-refractivity contribution in [2.24, 2.45) is 5.92 Å². The Hall–Kier alpha value is -2.31. The van der Waals surface area contributed by atoms with Gasteiger partial charge in [0.25, 0.3) is 11.4 Å². The lowest BCUT2D eigenvalue weighted by Crippen LogP contribution is -2.11. The predicted octanol–water partition coefficient (Wildman–Crippen LogP) is 2.27. The molecule has 7 nitrogen and oxygen atoms in total. The molecule has 0 radical (unpaired) electrons. The van der Waals surface area contributed by atoms with E-state index in [-0.39, 0.29) is 29.5 Å². The van der Waals surface area contributed by atoms with Gasteiger partial charge in [-0.25, -0.2) is 0 Å². The van der Waals surface area contributed by atoms with Crippen molar-refractivity contribution in [3.8, 4) is 0 Å². The first-order valence-corrected chi connectivity index (χ1v) is 5.25. The zero-order chi connectivity index (χ0) is 13.9. The molecule has 0 saturated carbocycles. The van der Waals surface area contributed by atoms with Crippen LogP contribution < -0.4 is 0 Å². The van der Waals surface area contributed by atoms with Gasteiger partial charge in [-0.1, -0.05) is 6.92 Å². The quantitative estimate of drug-likeness (QED) is 0.590. The standard InChI is InChI=1S/C11H12N2O5/c1-7(8(2)14)5-9-3-4-10(12(15)16)6-11(9)13(17)18/h3-4,6-7H,5H2,1-2H3. The van der Waals surface area contributed by atoms with E-state index in [0.717, 1.165) is 6.07 Å². The first-order chi connectivity index (χ1) is 8.32. The molecule has 0 amide bonds. The number of non-ortho nitro benzene ring substituents is 1. The van der Waals surface area contributed by atoms with Crippen LogP contribution in [0.15, 0.2) is 18.2 Å². The van der Waals surface area contributed by atoms with Crippen molar-refractivity contribution >= 4 is 17.2 Å². The van der Waals surface area contributed by atoms with Gasteiger partial charge in [-0.2, -0.15) is 0 Å². The van der Waals surface area contributed by atoms with Crippen LogP contribution in [0.5, 0.6) is 0 Å². The van der Waals surface area contributed by atoms with Crippen LogP contribution in [0.3, 0.4) is 0 Å². The highest BCUT2D eigenvalue weighted by Gasteiger charge is 2.21. The van der Waals surface area contributed by atoms with E-state index < -0.39 is 9.85 Å². The molecule has 1 atom stereocenters. The second kappa shape index (κ2) is 5.35. The Kier molecular flexibility index (Phi) is 4.09. The number of rotatable bonds is 5. The molecule has 0 aliphatic rings. The Morgan fingerprint density at radius 2 is 1.89 bits per heavy atom. The number of Topliss-reactive ketones (excluding diaryl/α,β-unsaturated/α-hetero) is 1. The van der Waals surface area contributed by atoms with Crippen molar-refractivity contribution in [1.29, 1.82) is 0 Å². The molecule has 0 fully saturated rings. The zero-order valence-electron chi connectivity index (χ0n) is 9.95. The fourth-order valence-electron chi connectivity index (χ4n) is 1.48. The monoisotopic (exact) mass is 252 g/mol. The van der Waals surface area contributed by atoms with Gasteiger partial charge in [0, 0.05) is 17.5 Å². The summed E-state index contributed by atoms with van der Waals surface area (Å²) in [6, 6.07) is 3.45. The average molecular weight is 252 g/mol. The second-order valence-corrected chi connectivity index (χ2v) is 4.04. The van der Waals surface area contributed by atoms with Crippen LogP contribution in [-0.2, 0) is 11.2 Å². The van der Waals surface area contributed by atoms with Gasteiger partial charge in [0.05, 0.1) is 15.9 Å². The van der Waals surface area contributed by atoms with Crippen LogP contribution in [0.2, 0.25) is 0 Å². The Balaban J connectivity index is 3.16. The van der Waals surface area contributed by atoms with E-state index in [4.69, 9.17) is 0 Å². The summed E-state index contributed by atoms with van der Waals surface area (Å²) in [4.78, 5) is 31.2. The van der Waals surface area contributed by atoms with Crippen molar-refractivity contribution in [3.05, 3.63) is 44.0 Å². The first-order valence-electron chi connectivity index (χ1n) is 5.25. The Morgan fingerprint density at radius 3 is 2.33 bits per heavy atom. The summed E-state index contributed by atoms with van der Waals surface area (Å²) in [5, 5.41) is 21.4. The topological polar surface area (TPSA) is 103 Å². The average Bonchev–Trinajstić information content (AvgIpc) is 2.28. The van der Waals surface area contributed by atoms with E-state index in [9.17, 15) is 25.0 Å². The molecule has 0 aliphatic heterocycles. The van der Waals surface area contributed by atoms with Crippen molar-refractivity contribution in [3.63, 3.8) is 0 Å². The maximum atomic E-state index is 11.1. The Morgan fingerprint density at radius 1 is 1.28 bits per heavy atom. The number of hydrogen-bond acceptors (Lipinski definition) is 5. The molecule has 0 bridgehead atoms. The van der Waals surface area contributed by atoms with Gasteiger partial charge in [0.15, 0.2) is 0 Å². The molecule has 0 aliphatic carbocycles. The highest BCUT2D eigenvalue weighted by atomic mass is 16.6. The van der Waals surface area contributed by atoms with Gasteiger partial charge in [-0.3, -0.25) is 25.0 Å². The molecule has 18 heavy (non-hydrogen) atoms. The molecule has 1 rings (SSSR count). The number of hydrogen-bond donors (Lipinski definition) is 0. The van der Waals surface area contributed by atoms with Gasteiger partial charge >= 0.3 is 0 Å². The summed E-state index contributed by atoms with van der Waals surface area (Å²) < 4.78 is 0. The minimum Gasteiger partial charge on any atom is -0.300 e. The number of carbonyl (C=O) groups excluding carboxylic acids is 1. The molecule has 0 spiro atoms. The molecule has 1 unspecified atom stereocenters. The van der Waals surface area contributed by atoms with Gasteiger partial charge in [0.1, 0.15) is 5.78 Å². The van der Waals surface area contributed by atoms with Gasteiger partial charge in [-0.05, 0) is 19.4 Å². The van der Waals surface area contributed by atoms with Crippen LogP contribution >= 0.6 is 0 Å². The summed E-state index contributed by atoms with van der Waals surface area (Å²) in [6.07, 6.45) is 0.198. The molecular formula is C11H12N2O5. The maximum absolute atomic E-state index is 11.1. The molecule has 96 valence electrons. The van der Waals surface area contributed by atoms with Crippen LogP contribution in [0.25, 0.3) is 0 Å². The highest BCUT2D eigenvalue weighted by molar-refractivity contribution is 5.78. The fraction of sp³-hybridized carbons (Fsp3) is 0.364. The third-order valence-electron chi connectivity index (χ3n) is 2.70. The predicted molar refractivity (Wildman–Crippen MR) is 63.3 cm³/mol. The number of nitro groups is 2. The molecule has 1 aromatic rings. The smallest absolute Gasteiger partial charge is 0.279 e. The number of carbonyl (C=O) groups is 1. The maximum Gasteiger partial charge on any atom is 0.279 e. The summed E-state index contributed by atoms with van der Waals surface area (Å²) in [5.41, 5.74) is -0.327. The van der Waals surface area contributed by atoms with E-state index in [2.05, 4.69) is 0 Å². The zero-order valence-corrected chi connectivity index (χ0v) is 9.95. The number of nitrogens with zero attached hydrogens (tertiary/aromatic N) is 2. The van der Waals surface area contributed by atoms with E-state index in [1.54, 1.807) is 6.92 Å².